The van der Waals surface area contributed by atoms with Crippen molar-refractivity contribution in [1.82, 2.24) is 15.2 Å². The van der Waals surface area contributed by atoms with E-state index >= 15 is 0 Å². The van der Waals surface area contributed by atoms with E-state index in [-0.39, 0.29) is 18.2 Å². The number of fused-ring (bicyclic) bond motifs is 1. The molecule has 29 heavy (non-hydrogen) atoms. The number of ether oxygens (including phenoxy) is 1. The molecule has 1 N–H and O–H groups in total. The third-order valence-corrected chi connectivity index (χ3v) is 5.79. The summed E-state index contributed by atoms with van der Waals surface area (Å²) in [6.45, 7) is 0.653. The summed E-state index contributed by atoms with van der Waals surface area (Å²) < 4.78 is 4.71. The number of esters is 1. The van der Waals surface area contributed by atoms with Crippen molar-refractivity contribution in [3.8, 4) is 10.6 Å². The largest absolute Gasteiger partial charge is 0.469 e. The molecular formula is C21H19N3O4S. The van der Waals surface area contributed by atoms with Crippen molar-refractivity contribution < 1.29 is 19.1 Å². The van der Waals surface area contributed by atoms with Gasteiger partial charge in [-0.3, -0.25) is 14.4 Å². The molecule has 0 unspecified atom stereocenters. The topological polar surface area (TPSA) is 88.6 Å². The maximum absolute atomic E-state index is 13.5. The van der Waals surface area contributed by atoms with Crippen LogP contribution >= 0.6 is 11.3 Å². The molecule has 1 aliphatic heterocycles. The second-order valence-corrected chi connectivity index (χ2v) is 7.58. The fourth-order valence-corrected chi connectivity index (χ4v) is 4.15. The van der Waals surface area contributed by atoms with Gasteiger partial charge in [0.25, 0.3) is 5.91 Å². The summed E-state index contributed by atoms with van der Waals surface area (Å²) >= 11 is 1.54. The van der Waals surface area contributed by atoms with Gasteiger partial charge >= 0.3 is 5.97 Å². The summed E-state index contributed by atoms with van der Waals surface area (Å²) in [6.07, 6.45) is -0.186. The van der Waals surface area contributed by atoms with E-state index in [0.717, 1.165) is 4.88 Å². The van der Waals surface area contributed by atoms with Gasteiger partial charge in [-0.25, -0.2) is 4.98 Å². The smallest absolute Gasteiger partial charge is 0.308 e. The molecule has 0 spiro atoms. The van der Waals surface area contributed by atoms with Crippen molar-refractivity contribution >= 4 is 40.0 Å². The van der Waals surface area contributed by atoms with Gasteiger partial charge in [-0.2, -0.15) is 0 Å². The van der Waals surface area contributed by atoms with Gasteiger partial charge in [0.1, 0.15) is 6.04 Å². The monoisotopic (exact) mass is 409 g/mol. The SMILES string of the molecule is COC(=O)C[C@@H]1C(=O)NCCN1C(=O)c1cc(-c2cccs2)nc2ccccc12. The molecule has 1 saturated heterocycles. The Hall–Kier alpha value is -3.26. The highest BCUT2D eigenvalue weighted by Gasteiger charge is 2.36. The van der Waals surface area contributed by atoms with Crippen LogP contribution in [0.4, 0.5) is 0 Å². The third-order valence-electron chi connectivity index (χ3n) is 4.90. The molecule has 0 bridgehead atoms. The molecule has 2 aromatic heterocycles. The summed E-state index contributed by atoms with van der Waals surface area (Å²) in [5.74, 6) is -1.19. The number of carbonyl (C=O) groups excluding carboxylic acids is 3. The second kappa shape index (κ2) is 8.00. The molecule has 7 nitrogen and oxygen atoms in total. The highest BCUT2D eigenvalue weighted by atomic mass is 32.1. The predicted octanol–water partition coefficient (Wildman–Crippen LogP) is 2.47. The first kappa shape index (κ1) is 19.1. The van der Waals surface area contributed by atoms with E-state index in [1.807, 2.05) is 41.8 Å². The zero-order chi connectivity index (χ0) is 20.4. The van der Waals surface area contributed by atoms with E-state index in [9.17, 15) is 14.4 Å². The number of thiophene rings is 1. The van der Waals surface area contributed by atoms with Gasteiger partial charge in [-0.05, 0) is 23.6 Å². The van der Waals surface area contributed by atoms with Crippen LogP contribution in [-0.4, -0.2) is 53.9 Å². The Morgan fingerprint density at radius 1 is 1.28 bits per heavy atom. The van der Waals surface area contributed by atoms with Gasteiger partial charge in [0.2, 0.25) is 5.91 Å². The van der Waals surface area contributed by atoms with Crippen LogP contribution in [0.3, 0.4) is 0 Å². The molecule has 1 aromatic carbocycles. The zero-order valence-electron chi connectivity index (χ0n) is 15.8. The number of amides is 2. The second-order valence-electron chi connectivity index (χ2n) is 6.64. The lowest BCUT2D eigenvalue weighted by Gasteiger charge is -2.34. The van der Waals surface area contributed by atoms with Gasteiger partial charge in [0.05, 0.1) is 35.2 Å². The van der Waals surface area contributed by atoms with Crippen LogP contribution in [0.5, 0.6) is 0 Å². The van der Waals surface area contributed by atoms with Crippen molar-refractivity contribution in [3.05, 3.63) is 53.4 Å². The van der Waals surface area contributed by atoms with E-state index in [2.05, 4.69) is 10.3 Å². The molecule has 0 saturated carbocycles. The number of piperazine rings is 1. The lowest BCUT2D eigenvalue weighted by atomic mass is 10.0. The minimum atomic E-state index is -0.902. The number of nitrogens with zero attached hydrogens (tertiary/aromatic N) is 2. The Morgan fingerprint density at radius 3 is 2.86 bits per heavy atom. The van der Waals surface area contributed by atoms with E-state index in [1.54, 1.807) is 17.4 Å². The maximum atomic E-state index is 13.5. The van der Waals surface area contributed by atoms with Crippen LogP contribution in [-0.2, 0) is 14.3 Å². The maximum Gasteiger partial charge on any atom is 0.308 e. The summed E-state index contributed by atoms with van der Waals surface area (Å²) in [4.78, 5) is 44.8. The Balaban J connectivity index is 1.79. The molecule has 148 valence electrons. The number of methoxy groups -OCH3 is 1. The van der Waals surface area contributed by atoms with E-state index in [0.29, 0.717) is 35.2 Å². The predicted molar refractivity (Wildman–Crippen MR) is 110 cm³/mol. The summed E-state index contributed by atoms with van der Waals surface area (Å²) in [5, 5.41) is 5.38. The van der Waals surface area contributed by atoms with E-state index in [4.69, 9.17) is 4.74 Å². The molecule has 1 fully saturated rings. The number of carbonyl (C=O) groups is 3. The van der Waals surface area contributed by atoms with Crippen LogP contribution in [0.15, 0.2) is 47.8 Å². The van der Waals surface area contributed by atoms with Gasteiger partial charge in [0, 0.05) is 18.5 Å². The molecule has 2 amide bonds. The minimum absolute atomic E-state index is 0.186. The summed E-state index contributed by atoms with van der Waals surface area (Å²) in [6, 6.07) is 12.2. The number of hydrogen-bond donors (Lipinski definition) is 1. The molecule has 4 rings (SSSR count). The Kier molecular flexibility index (Phi) is 5.26. The van der Waals surface area contributed by atoms with Gasteiger partial charge < -0.3 is 15.0 Å². The fraction of sp³-hybridized carbons (Fsp3) is 0.238. The number of para-hydroxylation sites is 1. The average Bonchev–Trinajstić information content (AvgIpc) is 3.28. The number of hydrogen-bond acceptors (Lipinski definition) is 6. The molecule has 3 aromatic rings. The molecule has 1 atom stereocenters. The Bertz CT molecular complexity index is 1080. The average molecular weight is 409 g/mol. The highest BCUT2D eigenvalue weighted by Crippen LogP contribution is 2.29. The van der Waals surface area contributed by atoms with Crippen LogP contribution in [0.1, 0.15) is 16.8 Å². The van der Waals surface area contributed by atoms with Crippen molar-refractivity contribution in [2.75, 3.05) is 20.2 Å². The van der Waals surface area contributed by atoms with Crippen molar-refractivity contribution in [2.45, 2.75) is 12.5 Å². The Labute approximate surface area is 171 Å². The molecule has 8 heteroatoms. The van der Waals surface area contributed by atoms with Crippen LogP contribution in [0, 0.1) is 0 Å². The first-order valence-electron chi connectivity index (χ1n) is 9.17. The van der Waals surface area contributed by atoms with E-state index in [1.165, 1.54) is 12.0 Å². The fourth-order valence-electron chi connectivity index (χ4n) is 3.46. The number of benzene rings is 1. The van der Waals surface area contributed by atoms with Crippen molar-refractivity contribution in [2.24, 2.45) is 0 Å². The molecule has 0 aliphatic carbocycles. The zero-order valence-corrected chi connectivity index (χ0v) is 16.6. The van der Waals surface area contributed by atoms with Crippen LogP contribution in [0.25, 0.3) is 21.5 Å². The normalized spacial score (nSPS) is 16.5. The molecular weight excluding hydrogens is 390 g/mol. The van der Waals surface area contributed by atoms with Crippen molar-refractivity contribution in [1.29, 1.82) is 0 Å². The van der Waals surface area contributed by atoms with E-state index < -0.39 is 12.0 Å². The summed E-state index contributed by atoms with van der Waals surface area (Å²) in [5.41, 5.74) is 1.87. The number of rotatable bonds is 4. The van der Waals surface area contributed by atoms with Crippen LogP contribution in [0.2, 0.25) is 0 Å². The molecule has 3 heterocycles. The summed E-state index contributed by atoms with van der Waals surface area (Å²) in [7, 11) is 1.26. The highest BCUT2D eigenvalue weighted by molar-refractivity contribution is 7.13. The molecule has 0 radical (unpaired) electrons. The Morgan fingerprint density at radius 2 is 2.10 bits per heavy atom. The van der Waals surface area contributed by atoms with Gasteiger partial charge in [-0.15, -0.1) is 11.3 Å². The number of aromatic nitrogens is 1. The van der Waals surface area contributed by atoms with Gasteiger partial charge in [0.15, 0.2) is 0 Å². The number of pyridine rings is 1. The lowest BCUT2D eigenvalue weighted by Crippen LogP contribution is -2.57. The standard InChI is InChI=1S/C21H19N3O4S/c1-28-19(25)12-17-20(26)22-8-9-24(17)21(27)14-11-16(18-7-4-10-29-18)23-15-6-3-2-5-13(14)15/h2-7,10-11,17H,8-9,12H2,1H3,(H,22,26)/t17-/m1/s1. The van der Waals surface area contributed by atoms with Crippen LogP contribution < -0.4 is 5.32 Å². The van der Waals surface area contributed by atoms with Gasteiger partial charge in [-0.1, -0.05) is 24.3 Å². The first-order valence-corrected chi connectivity index (χ1v) is 10.1. The third kappa shape index (κ3) is 3.71. The number of nitrogens with one attached hydrogen (secondary N) is 1. The minimum Gasteiger partial charge on any atom is -0.469 e. The first-order chi connectivity index (χ1) is 14.1. The quantitative estimate of drug-likeness (QED) is 0.669. The molecule has 1 aliphatic rings. The van der Waals surface area contributed by atoms with Crippen molar-refractivity contribution in [3.63, 3.8) is 0 Å². The lowest BCUT2D eigenvalue weighted by molar-refractivity contribution is -0.145.